The zero-order valence-corrected chi connectivity index (χ0v) is 17.5. The van der Waals surface area contributed by atoms with Crippen molar-refractivity contribution < 1.29 is 19.4 Å². The number of piperidine rings is 1. The minimum atomic E-state index is -0.984. The molecule has 4 rings (SSSR count). The van der Waals surface area contributed by atoms with Crippen molar-refractivity contribution >= 4 is 17.8 Å². The lowest BCUT2D eigenvalue weighted by Crippen LogP contribution is -2.40. The van der Waals surface area contributed by atoms with Gasteiger partial charge in [0, 0.05) is 18.7 Å². The zero-order valence-electron chi connectivity index (χ0n) is 17.5. The monoisotopic (exact) mass is 435 g/mol. The largest absolute Gasteiger partial charge is 0.489 e. The van der Waals surface area contributed by atoms with Gasteiger partial charge in [0.05, 0.1) is 6.04 Å². The Balaban J connectivity index is 1.58. The number of carbonyl (C=O) groups excluding carboxylic acids is 1. The lowest BCUT2D eigenvalue weighted by Gasteiger charge is -2.31. The van der Waals surface area contributed by atoms with Crippen LogP contribution in [0.5, 0.6) is 5.75 Å². The Kier molecular flexibility index (Phi) is 5.98. The first kappa shape index (κ1) is 21.2. The Morgan fingerprint density at radius 1 is 1.12 bits per heavy atom. The van der Waals surface area contributed by atoms with Crippen LogP contribution in [0.1, 0.15) is 34.8 Å². The minimum absolute atomic E-state index is 0.135. The highest BCUT2D eigenvalue weighted by Crippen LogP contribution is 2.32. The number of aromatic nitrogens is 2. The first-order valence-electron chi connectivity index (χ1n) is 10.4. The first-order valence-corrected chi connectivity index (χ1v) is 10.4. The third-order valence-electron chi connectivity index (χ3n) is 5.58. The van der Waals surface area contributed by atoms with Crippen molar-refractivity contribution in [2.45, 2.75) is 25.5 Å². The Labute approximate surface area is 185 Å². The van der Waals surface area contributed by atoms with E-state index in [0.717, 1.165) is 5.56 Å². The molecule has 1 aromatic heterocycles. The second-order valence-electron chi connectivity index (χ2n) is 7.74. The van der Waals surface area contributed by atoms with E-state index in [1.54, 1.807) is 24.3 Å². The van der Waals surface area contributed by atoms with E-state index in [-0.39, 0.29) is 24.0 Å². The molecule has 2 heterocycles. The number of carbonyl (C=O) groups is 2. The van der Waals surface area contributed by atoms with Gasteiger partial charge >= 0.3 is 6.09 Å². The highest BCUT2D eigenvalue weighted by atomic mass is 16.5. The normalized spacial score (nSPS) is 16.0. The number of nitrogens with zero attached hydrogens (tertiary/aromatic N) is 3. The van der Waals surface area contributed by atoms with Gasteiger partial charge in [-0.2, -0.15) is 5.10 Å². The number of hydrogen-bond donors (Lipinski definition) is 3. The molecule has 1 aliphatic heterocycles. The smallest absolute Gasteiger partial charge is 0.407 e. The topological polar surface area (TPSA) is 137 Å². The van der Waals surface area contributed by atoms with Crippen molar-refractivity contribution in [2.24, 2.45) is 5.73 Å². The Hall–Kier alpha value is -4.01. The van der Waals surface area contributed by atoms with Gasteiger partial charge in [0.15, 0.2) is 0 Å². The maximum absolute atomic E-state index is 12.2. The van der Waals surface area contributed by atoms with E-state index in [1.165, 1.54) is 9.58 Å². The van der Waals surface area contributed by atoms with Crippen molar-refractivity contribution in [3.8, 4) is 17.0 Å². The summed E-state index contributed by atoms with van der Waals surface area (Å²) < 4.78 is 7.35. The average molecular weight is 435 g/mol. The van der Waals surface area contributed by atoms with Gasteiger partial charge in [0.2, 0.25) is 0 Å². The summed E-state index contributed by atoms with van der Waals surface area (Å²) in [6, 6.07) is 16.7. The van der Waals surface area contributed by atoms with E-state index in [1.807, 2.05) is 30.3 Å². The average Bonchev–Trinajstić information content (AvgIpc) is 3.16. The maximum Gasteiger partial charge on any atom is 0.407 e. The van der Waals surface area contributed by atoms with Crippen molar-refractivity contribution in [3.05, 3.63) is 65.7 Å². The molecule has 2 amide bonds. The molecule has 1 fully saturated rings. The highest BCUT2D eigenvalue weighted by Gasteiger charge is 2.30. The summed E-state index contributed by atoms with van der Waals surface area (Å²) in [6.45, 7) is 1.16. The molecular weight excluding hydrogens is 410 g/mol. The SMILES string of the molecule is NC(=O)c1c(-c2ccc(OCc3ccccc3)cc2)nn(C2CCCN(C(=O)O)C2)c1N. The van der Waals surface area contributed by atoms with Crippen LogP contribution < -0.4 is 16.2 Å². The number of amides is 2. The molecule has 9 heteroatoms. The molecular formula is C23H25N5O4. The Bertz CT molecular complexity index is 1110. The zero-order chi connectivity index (χ0) is 22.7. The molecule has 5 N–H and O–H groups in total. The number of likely N-dealkylation sites (tertiary alicyclic amines) is 1. The number of primary amides is 1. The molecule has 166 valence electrons. The quantitative estimate of drug-likeness (QED) is 0.544. The van der Waals surface area contributed by atoms with Crippen LogP contribution in [-0.4, -0.2) is 44.9 Å². The molecule has 9 nitrogen and oxygen atoms in total. The molecule has 1 aliphatic rings. The number of anilines is 1. The van der Waals surface area contributed by atoms with Gasteiger partial charge in [-0.1, -0.05) is 30.3 Å². The summed E-state index contributed by atoms with van der Waals surface area (Å²) in [6.07, 6.45) is 0.409. The van der Waals surface area contributed by atoms with Crippen molar-refractivity contribution in [2.75, 3.05) is 18.8 Å². The fraction of sp³-hybridized carbons (Fsp3) is 0.261. The molecule has 1 saturated heterocycles. The van der Waals surface area contributed by atoms with Gasteiger partial charge in [0.1, 0.15) is 29.4 Å². The molecule has 0 aliphatic carbocycles. The predicted octanol–water partition coefficient (Wildman–Crippen LogP) is 3.13. The molecule has 0 radical (unpaired) electrons. The van der Waals surface area contributed by atoms with Gasteiger partial charge in [-0.05, 0) is 42.7 Å². The second kappa shape index (κ2) is 9.01. The number of benzene rings is 2. The van der Waals surface area contributed by atoms with Gasteiger partial charge in [-0.15, -0.1) is 0 Å². The molecule has 3 aromatic rings. The summed E-state index contributed by atoms with van der Waals surface area (Å²) in [7, 11) is 0. The number of hydrogen-bond acceptors (Lipinski definition) is 5. The Morgan fingerprint density at radius 3 is 2.50 bits per heavy atom. The standard InChI is InChI=1S/C23H25N5O4/c24-21-19(22(25)29)20(26-28(21)17-7-4-12-27(13-17)23(30)31)16-8-10-18(11-9-16)32-14-15-5-2-1-3-6-15/h1-3,5-6,8-11,17H,4,7,12-14,24H2,(H2,25,29)(H,30,31). The third-order valence-corrected chi connectivity index (χ3v) is 5.58. The molecule has 0 bridgehead atoms. The lowest BCUT2D eigenvalue weighted by atomic mass is 10.1. The van der Waals surface area contributed by atoms with Crippen LogP contribution in [0.15, 0.2) is 54.6 Å². The fourth-order valence-corrected chi connectivity index (χ4v) is 3.95. The van der Waals surface area contributed by atoms with Crippen LogP contribution in [0.4, 0.5) is 10.6 Å². The van der Waals surface area contributed by atoms with E-state index in [0.29, 0.717) is 43.0 Å². The molecule has 1 atom stereocenters. The Morgan fingerprint density at radius 2 is 1.84 bits per heavy atom. The van der Waals surface area contributed by atoms with Crippen molar-refractivity contribution in [1.82, 2.24) is 14.7 Å². The third kappa shape index (κ3) is 4.36. The van der Waals surface area contributed by atoms with E-state index in [4.69, 9.17) is 16.2 Å². The second-order valence-corrected chi connectivity index (χ2v) is 7.74. The van der Waals surface area contributed by atoms with Crippen LogP contribution >= 0.6 is 0 Å². The highest BCUT2D eigenvalue weighted by molar-refractivity contribution is 6.03. The van der Waals surface area contributed by atoms with Crippen molar-refractivity contribution in [3.63, 3.8) is 0 Å². The fourth-order valence-electron chi connectivity index (χ4n) is 3.95. The van der Waals surface area contributed by atoms with E-state index in [9.17, 15) is 14.7 Å². The summed E-state index contributed by atoms with van der Waals surface area (Å²) in [4.78, 5) is 24.9. The summed E-state index contributed by atoms with van der Waals surface area (Å²) in [5.74, 6) is 0.142. The number of carboxylic acid groups (broad SMARTS) is 1. The van der Waals surface area contributed by atoms with Crippen LogP contribution in [0.3, 0.4) is 0 Å². The molecule has 1 unspecified atom stereocenters. The van der Waals surface area contributed by atoms with E-state index >= 15 is 0 Å². The van der Waals surface area contributed by atoms with E-state index < -0.39 is 12.0 Å². The summed E-state index contributed by atoms with van der Waals surface area (Å²) in [5, 5.41) is 13.9. The van der Waals surface area contributed by atoms with Gasteiger partial charge in [-0.3, -0.25) is 4.79 Å². The lowest BCUT2D eigenvalue weighted by molar-refractivity contribution is 0.100. The van der Waals surface area contributed by atoms with Crippen LogP contribution in [0.25, 0.3) is 11.3 Å². The number of nitrogens with two attached hydrogens (primary N) is 2. The molecule has 2 aromatic carbocycles. The van der Waals surface area contributed by atoms with Gasteiger partial charge in [0.25, 0.3) is 5.91 Å². The van der Waals surface area contributed by atoms with Crippen molar-refractivity contribution in [1.29, 1.82) is 0 Å². The number of nitrogen functional groups attached to an aromatic ring is 1. The summed E-state index contributed by atoms with van der Waals surface area (Å²) in [5.41, 5.74) is 14.1. The molecule has 0 saturated carbocycles. The number of ether oxygens (including phenoxy) is 1. The maximum atomic E-state index is 12.2. The number of rotatable bonds is 6. The van der Waals surface area contributed by atoms with Crippen LogP contribution in [0.2, 0.25) is 0 Å². The van der Waals surface area contributed by atoms with E-state index in [2.05, 4.69) is 5.10 Å². The van der Waals surface area contributed by atoms with Crippen LogP contribution in [-0.2, 0) is 6.61 Å². The first-order chi connectivity index (χ1) is 15.4. The van der Waals surface area contributed by atoms with Crippen LogP contribution in [0, 0.1) is 0 Å². The molecule has 32 heavy (non-hydrogen) atoms. The minimum Gasteiger partial charge on any atom is -0.489 e. The predicted molar refractivity (Wildman–Crippen MR) is 119 cm³/mol. The molecule has 0 spiro atoms. The van der Waals surface area contributed by atoms with Gasteiger partial charge < -0.3 is 26.2 Å². The summed E-state index contributed by atoms with van der Waals surface area (Å²) >= 11 is 0. The van der Waals surface area contributed by atoms with Gasteiger partial charge in [-0.25, -0.2) is 9.48 Å².